The van der Waals surface area contributed by atoms with E-state index >= 15 is 0 Å². The van der Waals surface area contributed by atoms with Gasteiger partial charge in [-0.3, -0.25) is 0 Å². The summed E-state index contributed by atoms with van der Waals surface area (Å²) in [5.74, 6) is 0. The van der Waals surface area contributed by atoms with Crippen molar-refractivity contribution in [3.05, 3.63) is 157 Å². The molecule has 58 heavy (non-hydrogen) atoms. The predicted molar refractivity (Wildman–Crippen MR) is 250 cm³/mol. The van der Waals surface area contributed by atoms with E-state index < -0.39 is 0 Å². The maximum absolute atomic E-state index is 5.65. The Morgan fingerprint density at radius 1 is 0.293 bits per heavy atom. The molecule has 0 spiro atoms. The molecule has 0 saturated carbocycles. The van der Waals surface area contributed by atoms with Crippen LogP contribution in [0, 0.1) is 0 Å². The summed E-state index contributed by atoms with van der Waals surface area (Å²) in [6, 6.07) is 54.3. The normalized spacial score (nSPS) is 13.0. The summed E-state index contributed by atoms with van der Waals surface area (Å²) >= 11 is 0. The molecule has 2 aromatic heterocycles. The molecule has 2 heterocycles. The largest absolute Gasteiger partial charge is 0.247 e. The number of rotatable bonds is 2. The fourth-order valence-electron chi connectivity index (χ4n) is 10.6. The lowest BCUT2D eigenvalue weighted by molar-refractivity contribution is 0.595. The minimum atomic E-state index is 0.0127. The van der Waals surface area contributed by atoms with Crippen LogP contribution in [0.3, 0.4) is 0 Å². The molecule has 2 heteroatoms. The number of aromatic nitrogens is 2. The first-order valence-electron chi connectivity index (χ1n) is 20.6. The number of hydrogen-bond acceptors (Lipinski definition) is 2. The zero-order valence-electron chi connectivity index (χ0n) is 33.8. The van der Waals surface area contributed by atoms with Crippen molar-refractivity contribution in [1.29, 1.82) is 0 Å². The Kier molecular flexibility index (Phi) is 6.63. The van der Waals surface area contributed by atoms with Crippen LogP contribution in [0.1, 0.15) is 52.7 Å². The first-order valence-corrected chi connectivity index (χ1v) is 20.6. The summed E-state index contributed by atoms with van der Waals surface area (Å²) < 4.78 is 0. The highest BCUT2D eigenvalue weighted by Crippen LogP contribution is 2.51. The third-order valence-electron chi connectivity index (χ3n) is 13.0. The van der Waals surface area contributed by atoms with Gasteiger partial charge in [0, 0.05) is 32.3 Å². The molecule has 0 saturated heterocycles. The zero-order valence-corrected chi connectivity index (χ0v) is 33.8. The van der Waals surface area contributed by atoms with Crippen LogP contribution in [-0.2, 0) is 10.8 Å². The average Bonchev–Trinajstić information content (AvgIpc) is 3.23. The van der Waals surface area contributed by atoms with E-state index in [0.29, 0.717) is 0 Å². The van der Waals surface area contributed by atoms with Gasteiger partial charge in [-0.1, -0.05) is 175 Å². The van der Waals surface area contributed by atoms with Crippen LogP contribution in [0.2, 0.25) is 0 Å². The first kappa shape index (κ1) is 33.5. The summed E-state index contributed by atoms with van der Waals surface area (Å²) in [6.45, 7) is 13.9. The highest BCUT2D eigenvalue weighted by Gasteiger charge is 2.27. The van der Waals surface area contributed by atoms with Gasteiger partial charge in [0.2, 0.25) is 0 Å². The van der Waals surface area contributed by atoms with Crippen LogP contribution >= 0.6 is 0 Å². The van der Waals surface area contributed by atoms with Crippen LogP contribution in [-0.4, -0.2) is 9.97 Å². The molecule has 0 unspecified atom stereocenters. The van der Waals surface area contributed by atoms with E-state index in [4.69, 9.17) is 9.97 Å². The molecule has 0 amide bonds. The fourth-order valence-corrected chi connectivity index (χ4v) is 10.6. The predicted octanol–water partition coefficient (Wildman–Crippen LogP) is 15.7. The van der Waals surface area contributed by atoms with Crippen molar-refractivity contribution in [2.24, 2.45) is 0 Å². The van der Waals surface area contributed by atoms with Crippen molar-refractivity contribution in [2.45, 2.75) is 52.4 Å². The third kappa shape index (κ3) is 4.43. The third-order valence-corrected chi connectivity index (χ3v) is 13.0. The van der Waals surface area contributed by atoms with Crippen molar-refractivity contribution in [3.63, 3.8) is 0 Å². The van der Waals surface area contributed by atoms with E-state index in [9.17, 15) is 0 Å². The molecule has 0 N–H and O–H groups in total. The summed E-state index contributed by atoms with van der Waals surface area (Å²) in [5, 5.41) is 17.2. The Balaban J connectivity index is 1.27. The van der Waals surface area contributed by atoms with Gasteiger partial charge in [-0.05, 0) is 99.4 Å². The molecule has 0 aliphatic rings. The number of nitrogens with zero attached hydrogens (tertiary/aromatic N) is 2. The van der Waals surface area contributed by atoms with Crippen molar-refractivity contribution in [1.82, 2.24) is 9.97 Å². The van der Waals surface area contributed by atoms with Crippen LogP contribution in [0.25, 0.3) is 120 Å². The van der Waals surface area contributed by atoms with Gasteiger partial charge in [-0.25, -0.2) is 9.97 Å². The lowest BCUT2D eigenvalue weighted by Crippen LogP contribution is -2.11. The number of fused-ring (bicyclic) bond motifs is 6. The minimum absolute atomic E-state index is 0.0127. The van der Waals surface area contributed by atoms with Crippen LogP contribution in [0.15, 0.2) is 146 Å². The molecule has 276 valence electrons. The van der Waals surface area contributed by atoms with Gasteiger partial charge >= 0.3 is 0 Å². The lowest BCUT2D eigenvalue weighted by atomic mass is 9.80. The molecule has 10 aromatic carbocycles. The van der Waals surface area contributed by atoms with Gasteiger partial charge in [0.05, 0.1) is 22.1 Å². The summed E-state index contributed by atoms with van der Waals surface area (Å²) in [4.78, 5) is 11.3. The Morgan fingerprint density at radius 3 is 1.07 bits per heavy atom. The molecule has 0 atom stereocenters. The van der Waals surface area contributed by atoms with Gasteiger partial charge in [-0.15, -0.1) is 0 Å². The molecule has 0 aliphatic carbocycles. The molecule has 0 fully saturated rings. The highest BCUT2D eigenvalue weighted by molar-refractivity contribution is 6.41. The summed E-state index contributed by atoms with van der Waals surface area (Å²) in [5.41, 5.74) is 11.9. The van der Waals surface area contributed by atoms with Gasteiger partial charge in [-0.2, -0.15) is 0 Å². The SMILES string of the molecule is CC(C)(C)c1cccc2c(-c3c4ccccc4c4nc5ccc6c(-c7cccc8c(C(C)(C)C)cccc78)c7ccccc7c7nc8ccc3c4c8c5c67)cccc12. The second-order valence-corrected chi connectivity index (χ2v) is 18.4. The smallest absolute Gasteiger partial charge is 0.0801 e. The van der Waals surface area contributed by atoms with Crippen LogP contribution < -0.4 is 0 Å². The Labute approximate surface area is 337 Å². The molecule has 0 radical (unpaired) electrons. The molecule has 12 aromatic rings. The van der Waals surface area contributed by atoms with E-state index in [-0.39, 0.29) is 10.8 Å². The number of pyridine rings is 2. The number of benzene rings is 10. The van der Waals surface area contributed by atoms with Crippen molar-refractivity contribution < 1.29 is 0 Å². The fraction of sp³-hybridized carbons (Fsp3) is 0.143. The summed E-state index contributed by atoms with van der Waals surface area (Å²) in [6.07, 6.45) is 0. The summed E-state index contributed by atoms with van der Waals surface area (Å²) in [7, 11) is 0. The lowest BCUT2D eigenvalue weighted by Gasteiger charge is -2.24. The van der Waals surface area contributed by atoms with Crippen molar-refractivity contribution in [3.8, 4) is 22.3 Å². The maximum atomic E-state index is 5.65. The van der Waals surface area contributed by atoms with Gasteiger partial charge in [0.1, 0.15) is 0 Å². The molecular weight excluding hydrogens is 701 g/mol. The first-order chi connectivity index (χ1) is 28.1. The minimum Gasteiger partial charge on any atom is -0.247 e. The van der Waals surface area contributed by atoms with Gasteiger partial charge in [0.15, 0.2) is 0 Å². The standard InChI is InChI=1S/C56H42N2/c1-55(2,3)43-25-13-19-31-33(43)21-11-23-35(31)47-37-15-7-9-17-39(37)53-49-41(47)27-29-45-51(49)52-46(57-53)30-28-42-48(38-16-8-10-18-40(38)54(58-45)50(42)52)36-24-12-22-34-32(36)20-14-26-44(34)56(4,5)6/h7-30H,1-6H3. The van der Waals surface area contributed by atoms with Crippen molar-refractivity contribution >= 4 is 97.5 Å². The maximum Gasteiger partial charge on any atom is 0.0801 e. The quantitative estimate of drug-likeness (QED) is 0.130. The Morgan fingerprint density at radius 2 is 0.655 bits per heavy atom. The highest BCUT2D eigenvalue weighted by atomic mass is 14.7. The van der Waals surface area contributed by atoms with E-state index in [1.165, 1.54) is 109 Å². The second-order valence-electron chi connectivity index (χ2n) is 18.4. The molecule has 12 rings (SSSR count). The van der Waals surface area contributed by atoms with Crippen LogP contribution in [0.5, 0.6) is 0 Å². The second kappa shape index (κ2) is 11.5. The van der Waals surface area contributed by atoms with Gasteiger partial charge < -0.3 is 0 Å². The van der Waals surface area contributed by atoms with Crippen LogP contribution in [0.4, 0.5) is 0 Å². The molecule has 0 aliphatic heterocycles. The Bertz CT molecular complexity index is 3440. The van der Waals surface area contributed by atoms with E-state index in [2.05, 4.69) is 187 Å². The molecule has 0 bridgehead atoms. The van der Waals surface area contributed by atoms with Crippen molar-refractivity contribution in [2.75, 3.05) is 0 Å². The average molecular weight is 743 g/mol. The van der Waals surface area contributed by atoms with E-state index in [0.717, 1.165) is 22.1 Å². The monoisotopic (exact) mass is 742 g/mol. The topological polar surface area (TPSA) is 25.8 Å². The van der Waals surface area contributed by atoms with Gasteiger partial charge in [0.25, 0.3) is 0 Å². The van der Waals surface area contributed by atoms with E-state index in [1.807, 2.05) is 0 Å². The van der Waals surface area contributed by atoms with E-state index in [1.54, 1.807) is 0 Å². The molecule has 2 nitrogen and oxygen atoms in total. The zero-order chi connectivity index (χ0) is 39.2. The Hall–Kier alpha value is -6.64. The molecular formula is C56H42N2. The number of hydrogen-bond donors (Lipinski definition) is 0.